The Morgan fingerprint density at radius 3 is 2.66 bits per heavy atom. The largest absolute Gasteiger partial charge is 0.350 e. The molecule has 0 saturated carbocycles. The minimum atomic E-state index is -0.0735. The number of thiophene rings is 1. The van der Waals surface area contributed by atoms with Crippen LogP contribution in [0.1, 0.15) is 29.9 Å². The lowest BCUT2D eigenvalue weighted by atomic mass is 10.2. The van der Waals surface area contributed by atoms with Gasteiger partial charge in [0.05, 0.1) is 27.0 Å². The van der Waals surface area contributed by atoms with E-state index < -0.39 is 0 Å². The Labute approximate surface area is 182 Å². The molecule has 0 radical (unpaired) electrons. The van der Waals surface area contributed by atoms with Crippen LogP contribution in [0.2, 0.25) is 5.02 Å². The number of thiazole rings is 1. The summed E-state index contributed by atoms with van der Waals surface area (Å²) in [6.45, 7) is 5.89. The van der Waals surface area contributed by atoms with E-state index in [1.807, 2.05) is 74.0 Å². The van der Waals surface area contributed by atoms with E-state index in [1.54, 1.807) is 22.7 Å². The highest BCUT2D eigenvalue weighted by atomic mass is 35.5. The molecule has 0 bridgehead atoms. The highest BCUT2D eigenvalue weighted by Gasteiger charge is 2.22. The second-order valence-electron chi connectivity index (χ2n) is 6.96. The van der Waals surface area contributed by atoms with Gasteiger partial charge in [0.15, 0.2) is 0 Å². The lowest BCUT2D eigenvalue weighted by Crippen LogP contribution is -2.30. The zero-order chi connectivity index (χ0) is 20.5. The van der Waals surface area contributed by atoms with Gasteiger partial charge >= 0.3 is 0 Å². The highest BCUT2D eigenvalue weighted by molar-refractivity contribution is 7.13. The van der Waals surface area contributed by atoms with E-state index in [-0.39, 0.29) is 11.9 Å². The molecule has 0 aliphatic heterocycles. The SMILES string of the molecule is Cc1c(C(=O)NC(C)C)cc(-c2csc(-c3ccccc3Cl)n2)n1-c1cccs1. The third kappa shape index (κ3) is 3.88. The van der Waals surface area contributed by atoms with E-state index in [4.69, 9.17) is 16.6 Å². The van der Waals surface area contributed by atoms with Crippen molar-refractivity contribution in [3.05, 3.63) is 69.5 Å². The van der Waals surface area contributed by atoms with E-state index >= 15 is 0 Å². The van der Waals surface area contributed by atoms with Gasteiger partial charge in [0, 0.05) is 22.7 Å². The zero-order valence-corrected chi connectivity index (χ0v) is 18.7. The molecule has 0 unspecified atom stereocenters. The molecule has 4 nitrogen and oxygen atoms in total. The molecule has 148 valence electrons. The molecule has 0 aliphatic rings. The number of amides is 1. The molecule has 3 aromatic heterocycles. The Kier molecular flexibility index (Phi) is 5.58. The molecule has 0 saturated heterocycles. The van der Waals surface area contributed by atoms with Crippen molar-refractivity contribution in [1.29, 1.82) is 0 Å². The fourth-order valence-electron chi connectivity index (χ4n) is 3.20. The fraction of sp³-hybridized carbons (Fsp3) is 0.182. The number of carbonyl (C=O) groups is 1. The number of rotatable bonds is 5. The van der Waals surface area contributed by atoms with E-state index in [0.29, 0.717) is 10.6 Å². The van der Waals surface area contributed by atoms with Crippen molar-refractivity contribution in [3.8, 4) is 27.0 Å². The van der Waals surface area contributed by atoms with Gasteiger partial charge in [-0.2, -0.15) is 0 Å². The first-order valence-corrected chi connectivity index (χ1v) is 11.4. The fourth-order valence-corrected chi connectivity index (χ4v) is 5.12. The van der Waals surface area contributed by atoms with E-state index in [9.17, 15) is 4.79 Å². The highest BCUT2D eigenvalue weighted by Crippen LogP contribution is 2.36. The van der Waals surface area contributed by atoms with Crippen molar-refractivity contribution in [1.82, 2.24) is 14.9 Å². The van der Waals surface area contributed by atoms with Crippen LogP contribution in [0.5, 0.6) is 0 Å². The van der Waals surface area contributed by atoms with Crippen LogP contribution in [0.15, 0.2) is 53.2 Å². The van der Waals surface area contributed by atoms with Crippen molar-refractivity contribution in [2.45, 2.75) is 26.8 Å². The van der Waals surface area contributed by atoms with Crippen LogP contribution >= 0.6 is 34.3 Å². The maximum absolute atomic E-state index is 12.8. The first-order chi connectivity index (χ1) is 14.0. The van der Waals surface area contributed by atoms with Crippen LogP contribution < -0.4 is 5.32 Å². The predicted molar refractivity (Wildman–Crippen MR) is 123 cm³/mol. The van der Waals surface area contributed by atoms with E-state index in [1.165, 1.54) is 0 Å². The van der Waals surface area contributed by atoms with Gasteiger partial charge in [-0.05, 0) is 50.4 Å². The van der Waals surface area contributed by atoms with Crippen LogP contribution in [-0.4, -0.2) is 21.5 Å². The number of nitrogens with one attached hydrogen (secondary N) is 1. The van der Waals surface area contributed by atoms with Gasteiger partial charge in [0.2, 0.25) is 0 Å². The Morgan fingerprint density at radius 2 is 1.97 bits per heavy atom. The average molecular weight is 442 g/mol. The molecule has 0 atom stereocenters. The molecular formula is C22H20ClN3OS2. The van der Waals surface area contributed by atoms with Crippen molar-refractivity contribution in [3.63, 3.8) is 0 Å². The molecule has 3 heterocycles. The topological polar surface area (TPSA) is 46.9 Å². The molecule has 4 aromatic rings. The molecule has 1 N–H and O–H groups in total. The smallest absolute Gasteiger partial charge is 0.253 e. The summed E-state index contributed by atoms with van der Waals surface area (Å²) in [5.41, 5.74) is 4.19. The molecule has 29 heavy (non-hydrogen) atoms. The molecule has 4 rings (SSSR count). The minimum absolute atomic E-state index is 0.0709. The number of benzene rings is 1. The van der Waals surface area contributed by atoms with Gasteiger partial charge in [-0.25, -0.2) is 4.98 Å². The molecule has 0 aliphatic carbocycles. The lowest BCUT2D eigenvalue weighted by Gasteiger charge is -2.10. The summed E-state index contributed by atoms with van der Waals surface area (Å²) in [5, 5.41) is 9.62. The minimum Gasteiger partial charge on any atom is -0.350 e. The molecule has 0 spiro atoms. The van der Waals surface area contributed by atoms with Crippen LogP contribution in [0, 0.1) is 6.92 Å². The molecule has 0 fully saturated rings. The van der Waals surface area contributed by atoms with Crippen molar-refractivity contribution >= 4 is 40.2 Å². The maximum Gasteiger partial charge on any atom is 0.253 e. The quantitative estimate of drug-likeness (QED) is 0.388. The molecule has 1 aromatic carbocycles. The number of hydrogen-bond acceptors (Lipinski definition) is 4. The molecule has 1 amide bonds. The normalized spacial score (nSPS) is 11.2. The summed E-state index contributed by atoms with van der Waals surface area (Å²) in [6, 6.07) is 13.8. The van der Waals surface area contributed by atoms with Crippen molar-refractivity contribution in [2.24, 2.45) is 0 Å². The van der Waals surface area contributed by atoms with Gasteiger partial charge < -0.3 is 9.88 Å². The monoisotopic (exact) mass is 441 g/mol. The average Bonchev–Trinajstić information content (AvgIpc) is 3.40. The first-order valence-electron chi connectivity index (χ1n) is 9.23. The second-order valence-corrected chi connectivity index (χ2v) is 9.15. The Morgan fingerprint density at radius 1 is 1.17 bits per heavy atom. The Bertz CT molecular complexity index is 1160. The van der Waals surface area contributed by atoms with E-state index in [2.05, 4.69) is 9.88 Å². The summed E-state index contributed by atoms with van der Waals surface area (Å²) >= 11 is 9.53. The Hall–Kier alpha value is -2.41. The molecule has 7 heteroatoms. The number of nitrogens with zero attached hydrogens (tertiary/aromatic N) is 2. The lowest BCUT2D eigenvalue weighted by molar-refractivity contribution is 0.0942. The second kappa shape index (κ2) is 8.14. The number of hydrogen-bond donors (Lipinski definition) is 1. The van der Waals surface area contributed by atoms with Crippen LogP contribution in [0.25, 0.3) is 27.0 Å². The van der Waals surface area contributed by atoms with Crippen LogP contribution in [-0.2, 0) is 0 Å². The summed E-state index contributed by atoms with van der Waals surface area (Å²) < 4.78 is 2.10. The number of aromatic nitrogens is 2. The van der Waals surface area contributed by atoms with Crippen molar-refractivity contribution < 1.29 is 4.79 Å². The molecular weight excluding hydrogens is 422 g/mol. The predicted octanol–water partition coefficient (Wildman–Crippen LogP) is 6.43. The first kappa shape index (κ1) is 19.9. The van der Waals surface area contributed by atoms with Crippen molar-refractivity contribution in [2.75, 3.05) is 0 Å². The van der Waals surface area contributed by atoms with E-state index in [0.717, 1.165) is 32.7 Å². The van der Waals surface area contributed by atoms with Crippen LogP contribution in [0.3, 0.4) is 0 Å². The summed E-state index contributed by atoms with van der Waals surface area (Å²) in [7, 11) is 0. The Balaban J connectivity index is 1.83. The zero-order valence-electron chi connectivity index (χ0n) is 16.3. The summed E-state index contributed by atoms with van der Waals surface area (Å²) in [5.74, 6) is -0.0735. The van der Waals surface area contributed by atoms with Gasteiger partial charge in [0.25, 0.3) is 5.91 Å². The summed E-state index contributed by atoms with van der Waals surface area (Å²) in [4.78, 5) is 17.6. The summed E-state index contributed by atoms with van der Waals surface area (Å²) in [6.07, 6.45) is 0. The van der Waals surface area contributed by atoms with Gasteiger partial charge in [0.1, 0.15) is 5.01 Å². The maximum atomic E-state index is 12.8. The van der Waals surface area contributed by atoms with Gasteiger partial charge in [-0.15, -0.1) is 22.7 Å². The van der Waals surface area contributed by atoms with Gasteiger partial charge in [-0.1, -0.05) is 29.8 Å². The van der Waals surface area contributed by atoms with Crippen LogP contribution in [0.4, 0.5) is 0 Å². The standard InChI is InChI=1S/C22H20ClN3OS2/c1-13(2)24-21(27)16-11-19(26(14(16)3)20-9-6-10-28-20)18-12-29-22(25-18)15-7-4-5-8-17(15)23/h4-13H,1-3H3,(H,24,27). The third-order valence-corrected chi connectivity index (χ3v) is 6.57. The third-order valence-electron chi connectivity index (χ3n) is 4.51. The number of halogens is 1. The number of carbonyl (C=O) groups excluding carboxylic acids is 1. The van der Waals surface area contributed by atoms with Gasteiger partial charge in [-0.3, -0.25) is 4.79 Å².